The van der Waals surface area contributed by atoms with Gasteiger partial charge in [0, 0.05) is 29.4 Å². The molecule has 3 N–H and O–H groups in total. The van der Waals surface area contributed by atoms with E-state index in [2.05, 4.69) is 33.3 Å². The number of rotatable bonds is 3. The van der Waals surface area contributed by atoms with Gasteiger partial charge in [0.25, 0.3) is 0 Å². The molecular formula is C17H17N5. The predicted octanol–water partition coefficient (Wildman–Crippen LogP) is 1.79. The van der Waals surface area contributed by atoms with E-state index in [0.717, 1.165) is 40.5 Å². The number of nitrogens with zero attached hydrogens (tertiary/aromatic N) is 2. The van der Waals surface area contributed by atoms with Crippen LogP contribution in [0.5, 0.6) is 0 Å². The van der Waals surface area contributed by atoms with E-state index in [-0.39, 0.29) is 6.29 Å². The van der Waals surface area contributed by atoms with Crippen molar-refractivity contribution in [1.29, 1.82) is 0 Å². The van der Waals surface area contributed by atoms with Crippen molar-refractivity contribution in [3.05, 3.63) is 54.1 Å². The summed E-state index contributed by atoms with van der Waals surface area (Å²) in [4.78, 5) is 4.72. The molecule has 2 aromatic carbocycles. The molecule has 1 aliphatic rings. The Kier molecular flexibility index (Phi) is 3.42. The number of fused-ring (bicyclic) bond motifs is 2. The minimum absolute atomic E-state index is 0.0376. The van der Waals surface area contributed by atoms with Gasteiger partial charge < -0.3 is 0 Å². The highest BCUT2D eigenvalue weighted by molar-refractivity contribution is 6.10. The summed E-state index contributed by atoms with van der Waals surface area (Å²) in [5, 5.41) is 13.2. The number of nitrogens with one attached hydrogen (secondary N) is 3. The largest absolute Gasteiger partial charge is 0.283 e. The van der Waals surface area contributed by atoms with Crippen molar-refractivity contribution >= 4 is 28.0 Å². The first kappa shape index (κ1) is 13.2. The molecule has 2 heterocycles. The summed E-state index contributed by atoms with van der Waals surface area (Å²) in [6.45, 7) is 1.91. The number of hydrogen-bond acceptors (Lipinski definition) is 5. The molecule has 1 aliphatic heterocycles. The summed E-state index contributed by atoms with van der Waals surface area (Å²) in [6.07, 6.45) is 1.92. The van der Waals surface area contributed by atoms with E-state index in [1.54, 1.807) is 0 Å². The van der Waals surface area contributed by atoms with Gasteiger partial charge in [0.05, 0.1) is 17.2 Å². The summed E-state index contributed by atoms with van der Waals surface area (Å²) in [5.41, 5.74) is 6.15. The van der Waals surface area contributed by atoms with Crippen LogP contribution in [0.2, 0.25) is 0 Å². The maximum absolute atomic E-state index is 4.72. The van der Waals surface area contributed by atoms with Gasteiger partial charge in [-0.15, -0.1) is 0 Å². The number of hydrazone groups is 1. The summed E-state index contributed by atoms with van der Waals surface area (Å²) < 4.78 is 0. The van der Waals surface area contributed by atoms with Crippen molar-refractivity contribution in [1.82, 2.24) is 21.0 Å². The van der Waals surface area contributed by atoms with Crippen LogP contribution in [0, 0.1) is 0 Å². The van der Waals surface area contributed by atoms with Crippen LogP contribution in [0.15, 0.2) is 53.6 Å². The Bertz CT molecular complexity index is 783. The first-order chi connectivity index (χ1) is 10.9. The van der Waals surface area contributed by atoms with E-state index in [1.807, 2.05) is 42.6 Å². The standard InChI is InChI=1S/C17H17N5/c1-3-7-15-12(5-1)14(11-20-22-17-18-9-10-19-17)13-6-2-4-8-16(13)21-15/h1-8,11,17-19,22H,9-10H2/b20-11+. The molecule has 5 nitrogen and oxygen atoms in total. The molecule has 5 heteroatoms. The molecule has 0 aliphatic carbocycles. The second kappa shape index (κ2) is 5.71. The first-order valence-corrected chi connectivity index (χ1v) is 7.45. The van der Waals surface area contributed by atoms with Crippen LogP contribution in [0.25, 0.3) is 21.8 Å². The van der Waals surface area contributed by atoms with E-state index in [9.17, 15) is 0 Å². The van der Waals surface area contributed by atoms with Gasteiger partial charge in [-0.3, -0.25) is 16.1 Å². The highest BCUT2D eigenvalue weighted by Gasteiger charge is 2.10. The lowest BCUT2D eigenvalue weighted by Gasteiger charge is -2.10. The summed E-state index contributed by atoms with van der Waals surface area (Å²) >= 11 is 0. The number of hydrogen-bond donors (Lipinski definition) is 3. The third-order valence-electron chi connectivity index (χ3n) is 3.85. The Morgan fingerprint density at radius 2 is 1.55 bits per heavy atom. The van der Waals surface area contributed by atoms with Gasteiger partial charge in [-0.2, -0.15) is 5.10 Å². The zero-order valence-electron chi connectivity index (χ0n) is 12.1. The summed E-state index contributed by atoms with van der Waals surface area (Å²) in [6, 6.07) is 16.3. The molecule has 0 radical (unpaired) electrons. The van der Waals surface area contributed by atoms with Crippen LogP contribution in [-0.4, -0.2) is 30.6 Å². The monoisotopic (exact) mass is 291 g/mol. The quantitative estimate of drug-likeness (QED) is 0.391. The molecule has 3 aromatic rings. The second-order valence-corrected chi connectivity index (χ2v) is 5.29. The lowest BCUT2D eigenvalue weighted by atomic mass is 10.0. The molecule has 0 spiro atoms. The summed E-state index contributed by atoms with van der Waals surface area (Å²) in [5.74, 6) is 0. The second-order valence-electron chi connectivity index (χ2n) is 5.29. The van der Waals surface area contributed by atoms with Crippen molar-refractivity contribution in [2.75, 3.05) is 13.1 Å². The minimum atomic E-state index is 0.0376. The smallest absolute Gasteiger partial charge is 0.148 e. The Morgan fingerprint density at radius 1 is 0.955 bits per heavy atom. The summed E-state index contributed by atoms with van der Waals surface area (Å²) in [7, 11) is 0. The predicted molar refractivity (Wildman–Crippen MR) is 89.8 cm³/mol. The average Bonchev–Trinajstić information content (AvgIpc) is 3.07. The maximum Gasteiger partial charge on any atom is 0.148 e. The van der Waals surface area contributed by atoms with Crippen LogP contribution in [-0.2, 0) is 0 Å². The lowest BCUT2D eigenvalue weighted by Crippen LogP contribution is -2.42. The molecule has 4 rings (SSSR count). The maximum atomic E-state index is 4.72. The fraction of sp³-hybridized carbons (Fsp3) is 0.176. The van der Waals surface area contributed by atoms with Crippen molar-refractivity contribution in [3.8, 4) is 0 Å². The van der Waals surface area contributed by atoms with E-state index in [1.165, 1.54) is 0 Å². The van der Waals surface area contributed by atoms with Gasteiger partial charge in [0.2, 0.25) is 0 Å². The molecule has 1 aromatic heterocycles. The third-order valence-corrected chi connectivity index (χ3v) is 3.85. The number of pyridine rings is 1. The zero-order chi connectivity index (χ0) is 14.8. The Balaban J connectivity index is 1.79. The van der Waals surface area contributed by atoms with E-state index >= 15 is 0 Å². The van der Waals surface area contributed by atoms with Gasteiger partial charge >= 0.3 is 0 Å². The van der Waals surface area contributed by atoms with E-state index in [4.69, 9.17) is 4.98 Å². The van der Waals surface area contributed by atoms with Crippen LogP contribution in [0.3, 0.4) is 0 Å². The third kappa shape index (κ3) is 2.41. The van der Waals surface area contributed by atoms with E-state index in [0.29, 0.717) is 0 Å². The fourth-order valence-electron chi connectivity index (χ4n) is 2.78. The van der Waals surface area contributed by atoms with Crippen molar-refractivity contribution in [2.24, 2.45) is 5.10 Å². The molecule has 0 amide bonds. The number of aromatic nitrogens is 1. The van der Waals surface area contributed by atoms with Crippen molar-refractivity contribution in [2.45, 2.75) is 6.29 Å². The van der Waals surface area contributed by atoms with Gasteiger partial charge in [-0.25, -0.2) is 4.98 Å². The SMILES string of the molecule is C(=N\NC1NCCN1)/c1c2ccccc2nc2ccccc12. The molecule has 0 atom stereocenters. The zero-order valence-corrected chi connectivity index (χ0v) is 12.1. The van der Waals surface area contributed by atoms with Crippen LogP contribution in [0.4, 0.5) is 0 Å². The van der Waals surface area contributed by atoms with Crippen molar-refractivity contribution in [3.63, 3.8) is 0 Å². The molecule has 1 saturated heterocycles. The normalized spacial score (nSPS) is 16.0. The lowest BCUT2D eigenvalue weighted by molar-refractivity contribution is 0.461. The molecule has 0 unspecified atom stereocenters. The number of para-hydroxylation sites is 2. The molecule has 0 saturated carbocycles. The van der Waals surface area contributed by atoms with Crippen molar-refractivity contribution < 1.29 is 0 Å². The molecular weight excluding hydrogens is 274 g/mol. The molecule has 22 heavy (non-hydrogen) atoms. The minimum Gasteiger partial charge on any atom is -0.283 e. The highest BCUT2D eigenvalue weighted by atomic mass is 15.5. The molecule has 110 valence electrons. The Hall–Kier alpha value is -2.50. The van der Waals surface area contributed by atoms with Gasteiger partial charge in [-0.1, -0.05) is 36.4 Å². The molecule has 0 bridgehead atoms. The topological polar surface area (TPSA) is 61.3 Å². The highest BCUT2D eigenvalue weighted by Crippen LogP contribution is 2.24. The van der Waals surface area contributed by atoms with Crippen LogP contribution >= 0.6 is 0 Å². The Morgan fingerprint density at radius 3 is 2.18 bits per heavy atom. The van der Waals surface area contributed by atoms with Gasteiger partial charge in [-0.05, 0) is 12.1 Å². The van der Waals surface area contributed by atoms with Gasteiger partial charge in [0.1, 0.15) is 6.29 Å². The average molecular weight is 291 g/mol. The van der Waals surface area contributed by atoms with Gasteiger partial charge in [0.15, 0.2) is 0 Å². The van der Waals surface area contributed by atoms with E-state index < -0.39 is 0 Å². The Labute approximate surface area is 128 Å². The number of benzene rings is 2. The first-order valence-electron chi connectivity index (χ1n) is 7.45. The van der Waals surface area contributed by atoms with Crippen LogP contribution in [0.1, 0.15) is 5.56 Å². The van der Waals surface area contributed by atoms with Crippen LogP contribution < -0.4 is 16.1 Å². The fourth-order valence-corrected chi connectivity index (χ4v) is 2.78. The molecule has 1 fully saturated rings.